The highest BCUT2D eigenvalue weighted by Crippen LogP contribution is 2.40. The first kappa shape index (κ1) is 25.7. The van der Waals surface area contributed by atoms with Crippen LogP contribution in [-0.4, -0.2) is 34.4 Å². The first-order chi connectivity index (χ1) is 17.6. The molecule has 0 spiro atoms. The van der Waals surface area contributed by atoms with Crippen molar-refractivity contribution < 1.29 is 32.2 Å². The molecule has 3 aromatic rings. The fourth-order valence-corrected chi connectivity index (χ4v) is 3.91. The second kappa shape index (κ2) is 10.3. The van der Waals surface area contributed by atoms with E-state index in [1.807, 2.05) is 0 Å². The first-order valence-electron chi connectivity index (χ1n) is 11.1. The molecule has 0 aliphatic heterocycles. The van der Waals surface area contributed by atoms with E-state index >= 15 is 0 Å². The molecule has 4 rings (SSSR count). The van der Waals surface area contributed by atoms with Crippen molar-refractivity contribution in [3.8, 4) is 17.2 Å². The van der Waals surface area contributed by atoms with Gasteiger partial charge in [0.25, 0.3) is 5.91 Å². The van der Waals surface area contributed by atoms with E-state index < -0.39 is 23.2 Å². The highest BCUT2D eigenvalue weighted by molar-refractivity contribution is 6.00. The van der Waals surface area contributed by atoms with Gasteiger partial charge in [0.2, 0.25) is 5.91 Å². The van der Waals surface area contributed by atoms with Gasteiger partial charge in [-0.15, -0.1) is 0 Å². The zero-order valence-corrected chi connectivity index (χ0v) is 19.8. The third kappa shape index (κ3) is 5.88. The zero-order valence-electron chi connectivity index (χ0n) is 19.8. The predicted octanol–water partition coefficient (Wildman–Crippen LogP) is 4.43. The summed E-state index contributed by atoms with van der Waals surface area (Å²) in [7, 11) is 1.28. The maximum atomic E-state index is 13.4. The maximum absolute atomic E-state index is 13.4. The topological polar surface area (TPSA) is 102 Å². The normalized spacial score (nSPS) is 14.3. The molecule has 192 valence electrons. The molecule has 11 heteroatoms. The van der Waals surface area contributed by atoms with Crippen molar-refractivity contribution in [2.75, 3.05) is 7.11 Å². The molecule has 1 aromatic heterocycles. The molecule has 1 aliphatic carbocycles. The van der Waals surface area contributed by atoms with E-state index in [9.17, 15) is 22.8 Å². The largest absolute Gasteiger partial charge is 0.497 e. The van der Waals surface area contributed by atoms with Crippen molar-refractivity contribution in [1.82, 2.24) is 20.6 Å². The second-order valence-corrected chi connectivity index (χ2v) is 8.56. The van der Waals surface area contributed by atoms with Crippen LogP contribution in [0.3, 0.4) is 0 Å². The molecule has 1 saturated carbocycles. The SMILES string of the molecule is C=C1CC(NC(=O)c2cncnc2)(C(=O)NCc2ccc(Oc3ccc(OC)cc3C(F)(F)F)cc2)C1. The molecular formula is C26H23F3N4O4. The molecule has 0 radical (unpaired) electrons. The quantitative estimate of drug-likeness (QED) is 0.433. The molecule has 0 unspecified atom stereocenters. The Balaban J connectivity index is 1.39. The maximum Gasteiger partial charge on any atom is 0.420 e. The molecule has 0 bridgehead atoms. The summed E-state index contributed by atoms with van der Waals surface area (Å²) in [4.78, 5) is 33.2. The van der Waals surface area contributed by atoms with Crippen LogP contribution in [0.15, 0.2) is 73.3 Å². The molecule has 2 amide bonds. The number of carbonyl (C=O) groups is 2. The Morgan fingerprint density at radius 2 is 1.70 bits per heavy atom. The van der Waals surface area contributed by atoms with Crippen LogP contribution in [0.1, 0.15) is 34.3 Å². The molecule has 8 nitrogen and oxygen atoms in total. The van der Waals surface area contributed by atoms with E-state index in [1.54, 1.807) is 12.1 Å². The lowest BCUT2D eigenvalue weighted by atomic mass is 9.72. The van der Waals surface area contributed by atoms with Crippen LogP contribution in [-0.2, 0) is 17.5 Å². The van der Waals surface area contributed by atoms with Gasteiger partial charge in [-0.2, -0.15) is 13.2 Å². The Labute approximate surface area is 210 Å². The first-order valence-corrected chi connectivity index (χ1v) is 11.1. The van der Waals surface area contributed by atoms with Gasteiger partial charge in [-0.05, 0) is 35.9 Å². The third-order valence-electron chi connectivity index (χ3n) is 5.81. The Hall–Kier alpha value is -4.41. The number of hydrogen-bond acceptors (Lipinski definition) is 6. The number of aromatic nitrogens is 2. The second-order valence-electron chi connectivity index (χ2n) is 8.56. The minimum Gasteiger partial charge on any atom is -0.497 e. The van der Waals surface area contributed by atoms with Crippen LogP contribution in [0.4, 0.5) is 13.2 Å². The number of methoxy groups -OCH3 is 1. The Morgan fingerprint density at radius 3 is 2.30 bits per heavy atom. The number of ether oxygens (including phenoxy) is 2. The van der Waals surface area contributed by atoms with Crippen LogP contribution >= 0.6 is 0 Å². The van der Waals surface area contributed by atoms with E-state index in [-0.39, 0.29) is 35.3 Å². The average Bonchev–Trinajstić information content (AvgIpc) is 2.87. The number of carbonyl (C=O) groups excluding carboxylic acids is 2. The van der Waals surface area contributed by atoms with Gasteiger partial charge in [0.1, 0.15) is 34.7 Å². The van der Waals surface area contributed by atoms with Crippen LogP contribution in [0.5, 0.6) is 17.2 Å². The Kier molecular flexibility index (Phi) is 7.14. The van der Waals surface area contributed by atoms with Crippen LogP contribution in [0.25, 0.3) is 0 Å². The van der Waals surface area contributed by atoms with Crippen LogP contribution in [0, 0.1) is 0 Å². The standard InChI is InChI=1S/C26H23F3N4O4/c1-16-10-25(11-16,33-23(34)18-13-30-15-31-14-18)24(35)32-12-17-3-5-19(6-4-17)37-22-8-7-20(36-2)9-21(22)26(27,28)29/h3-9,13-15H,1,10-12H2,2H3,(H,32,35)(H,33,34). The third-order valence-corrected chi connectivity index (χ3v) is 5.81. The van der Waals surface area contributed by atoms with Crippen molar-refractivity contribution in [3.63, 3.8) is 0 Å². The van der Waals surface area contributed by atoms with Gasteiger partial charge in [-0.1, -0.05) is 24.3 Å². The summed E-state index contributed by atoms with van der Waals surface area (Å²) in [5.74, 6) is -0.956. The highest BCUT2D eigenvalue weighted by Gasteiger charge is 2.47. The van der Waals surface area contributed by atoms with Crippen LogP contribution in [0.2, 0.25) is 0 Å². The lowest BCUT2D eigenvalue weighted by Gasteiger charge is -2.42. The number of rotatable bonds is 8. The van der Waals surface area contributed by atoms with Gasteiger partial charge in [0.15, 0.2) is 0 Å². The van der Waals surface area contributed by atoms with Gasteiger partial charge in [0.05, 0.1) is 12.7 Å². The Bertz CT molecular complexity index is 1300. The number of alkyl halides is 3. The monoisotopic (exact) mass is 512 g/mol. The summed E-state index contributed by atoms with van der Waals surface area (Å²) in [6.07, 6.45) is -0.0149. The molecule has 1 fully saturated rings. The number of hydrogen-bond donors (Lipinski definition) is 2. The summed E-state index contributed by atoms with van der Waals surface area (Å²) in [6, 6.07) is 9.69. The average molecular weight is 512 g/mol. The van der Waals surface area contributed by atoms with E-state index in [1.165, 1.54) is 50.1 Å². The van der Waals surface area contributed by atoms with Crippen molar-refractivity contribution in [2.24, 2.45) is 0 Å². The minimum absolute atomic E-state index is 0.0619. The molecule has 1 heterocycles. The minimum atomic E-state index is -4.63. The van der Waals surface area contributed by atoms with Gasteiger partial charge in [-0.25, -0.2) is 9.97 Å². The molecule has 1 aliphatic rings. The summed E-state index contributed by atoms with van der Waals surface area (Å²) in [5, 5.41) is 5.56. The number of benzene rings is 2. The molecule has 2 aromatic carbocycles. The van der Waals surface area contributed by atoms with Crippen molar-refractivity contribution in [1.29, 1.82) is 0 Å². The summed E-state index contributed by atoms with van der Waals surface area (Å²) in [6.45, 7) is 4.00. The van der Waals surface area contributed by atoms with Crippen molar-refractivity contribution in [2.45, 2.75) is 31.1 Å². The molecular weight excluding hydrogens is 489 g/mol. The summed E-state index contributed by atoms with van der Waals surface area (Å²) < 4.78 is 50.6. The Morgan fingerprint density at radius 1 is 1.05 bits per heavy atom. The molecule has 0 atom stereocenters. The van der Waals surface area contributed by atoms with Gasteiger partial charge >= 0.3 is 6.18 Å². The predicted molar refractivity (Wildman–Crippen MR) is 127 cm³/mol. The van der Waals surface area contributed by atoms with E-state index in [2.05, 4.69) is 27.2 Å². The fraction of sp³-hybridized carbons (Fsp3) is 0.231. The highest BCUT2D eigenvalue weighted by atomic mass is 19.4. The molecule has 0 saturated heterocycles. The van der Waals surface area contributed by atoms with Crippen LogP contribution < -0.4 is 20.1 Å². The van der Waals surface area contributed by atoms with Crippen molar-refractivity contribution >= 4 is 11.8 Å². The van der Waals surface area contributed by atoms with Crippen molar-refractivity contribution in [3.05, 3.63) is 90.0 Å². The zero-order chi connectivity index (χ0) is 26.6. The van der Waals surface area contributed by atoms with Gasteiger partial charge < -0.3 is 20.1 Å². The lowest BCUT2D eigenvalue weighted by Crippen LogP contribution is -2.63. The van der Waals surface area contributed by atoms with E-state index in [0.29, 0.717) is 18.4 Å². The number of amides is 2. The fourth-order valence-electron chi connectivity index (χ4n) is 3.91. The number of nitrogens with zero attached hydrogens (tertiary/aromatic N) is 2. The number of halogens is 3. The van der Waals surface area contributed by atoms with E-state index in [0.717, 1.165) is 11.6 Å². The van der Waals surface area contributed by atoms with Gasteiger partial charge in [0, 0.05) is 31.8 Å². The smallest absolute Gasteiger partial charge is 0.420 e. The molecule has 37 heavy (non-hydrogen) atoms. The van der Waals surface area contributed by atoms with Gasteiger partial charge in [-0.3, -0.25) is 9.59 Å². The molecule has 2 N–H and O–H groups in total. The van der Waals surface area contributed by atoms with E-state index in [4.69, 9.17) is 9.47 Å². The summed E-state index contributed by atoms with van der Waals surface area (Å²) >= 11 is 0. The summed E-state index contributed by atoms with van der Waals surface area (Å²) in [5.41, 5.74) is -0.344. The number of nitrogens with one attached hydrogen (secondary N) is 2. The lowest BCUT2D eigenvalue weighted by molar-refractivity contribution is -0.138.